The quantitative estimate of drug-likeness (QED) is 0.699. The van der Waals surface area contributed by atoms with E-state index in [1.165, 1.54) is 0 Å². The average Bonchev–Trinajstić information content (AvgIpc) is 2.68. The van der Waals surface area contributed by atoms with Crippen molar-refractivity contribution in [2.24, 2.45) is 0 Å². The van der Waals surface area contributed by atoms with Gasteiger partial charge < -0.3 is 15.4 Å². The van der Waals surface area contributed by atoms with Gasteiger partial charge in [-0.25, -0.2) is 4.79 Å². The second-order valence-corrected chi connectivity index (χ2v) is 7.92. The second kappa shape index (κ2) is 10.3. The number of rotatable bonds is 6. The summed E-state index contributed by atoms with van der Waals surface area (Å²) >= 11 is 18.0. The molecule has 1 unspecified atom stereocenters. The highest BCUT2D eigenvalue weighted by Gasteiger charge is 2.21. The minimum atomic E-state index is -0.231. The van der Waals surface area contributed by atoms with Crippen molar-refractivity contribution in [2.75, 3.05) is 26.2 Å². The number of morpholine rings is 1. The third kappa shape index (κ3) is 6.54. The van der Waals surface area contributed by atoms with Crippen LogP contribution in [0, 0.1) is 0 Å². The van der Waals surface area contributed by atoms with Crippen LogP contribution in [0.5, 0.6) is 0 Å². The number of halogens is 3. The summed E-state index contributed by atoms with van der Waals surface area (Å²) in [6.45, 7) is 3.81. The summed E-state index contributed by atoms with van der Waals surface area (Å²) in [7, 11) is 0. The van der Waals surface area contributed by atoms with Gasteiger partial charge in [-0.2, -0.15) is 0 Å². The molecular formula is C20H22Cl3N3O2. The van der Waals surface area contributed by atoms with Gasteiger partial charge in [0.1, 0.15) is 0 Å². The lowest BCUT2D eigenvalue weighted by molar-refractivity contribution is -0.0287. The first-order valence-corrected chi connectivity index (χ1v) is 10.2. The molecule has 2 aromatic carbocycles. The van der Waals surface area contributed by atoms with Crippen LogP contribution in [-0.2, 0) is 17.8 Å². The number of ether oxygens (including phenoxy) is 1. The van der Waals surface area contributed by atoms with Crippen molar-refractivity contribution in [3.63, 3.8) is 0 Å². The Bertz CT molecular complexity index is 819. The molecule has 1 aliphatic rings. The fourth-order valence-corrected chi connectivity index (χ4v) is 3.58. The molecular weight excluding hydrogens is 421 g/mol. The molecule has 0 aromatic heterocycles. The zero-order valence-corrected chi connectivity index (χ0v) is 17.5. The largest absolute Gasteiger partial charge is 0.374 e. The van der Waals surface area contributed by atoms with Gasteiger partial charge >= 0.3 is 6.03 Å². The van der Waals surface area contributed by atoms with E-state index in [4.69, 9.17) is 39.5 Å². The molecule has 2 aromatic rings. The molecule has 1 atom stereocenters. The first kappa shape index (κ1) is 21.2. The fourth-order valence-electron chi connectivity index (χ4n) is 3.04. The summed E-state index contributed by atoms with van der Waals surface area (Å²) in [6.07, 6.45) is -0.0616. The monoisotopic (exact) mass is 441 g/mol. The zero-order chi connectivity index (χ0) is 19.9. The summed E-state index contributed by atoms with van der Waals surface area (Å²) < 4.78 is 5.77. The minimum absolute atomic E-state index is 0.0616. The summed E-state index contributed by atoms with van der Waals surface area (Å²) in [4.78, 5) is 14.3. The van der Waals surface area contributed by atoms with E-state index in [1.54, 1.807) is 6.07 Å². The van der Waals surface area contributed by atoms with Gasteiger partial charge in [0.05, 0.1) is 22.8 Å². The Balaban J connectivity index is 1.41. The van der Waals surface area contributed by atoms with E-state index in [1.807, 2.05) is 36.4 Å². The number of benzene rings is 2. The van der Waals surface area contributed by atoms with Crippen molar-refractivity contribution in [2.45, 2.75) is 19.2 Å². The van der Waals surface area contributed by atoms with Crippen molar-refractivity contribution < 1.29 is 9.53 Å². The molecule has 0 radical (unpaired) electrons. The minimum Gasteiger partial charge on any atom is -0.374 e. The molecule has 0 aliphatic carbocycles. The van der Waals surface area contributed by atoms with Gasteiger partial charge in [-0.1, -0.05) is 53.0 Å². The highest BCUT2D eigenvalue weighted by Crippen LogP contribution is 2.23. The number of carbonyl (C=O) groups is 1. The number of carbonyl (C=O) groups excluding carboxylic acids is 1. The number of amides is 2. The zero-order valence-electron chi connectivity index (χ0n) is 15.3. The predicted octanol–water partition coefficient (Wildman–Crippen LogP) is 4.35. The maximum absolute atomic E-state index is 12.0. The number of hydrogen-bond donors (Lipinski definition) is 2. The van der Waals surface area contributed by atoms with E-state index in [0.29, 0.717) is 34.8 Å². The van der Waals surface area contributed by atoms with E-state index < -0.39 is 0 Å². The standard InChI is InChI=1S/C20H22Cl3N3O2/c21-16-3-1-2-14(8-16)10-24-20(27)25-11-17-13-26(6-7-28-17)12-15-4-5-18(22)19(23)9-15/h1-5,8-9,17H,6-7,10-13H2,(H2,24,25,27). The second-order valence-electron chi connectivity index (χ2n) is 6.67. The topological polar surface area (TPSA) is 53.6 Å². The van der Waals surface area contributed by atoms with Crippen LogP contribution in [0.15, 0.2) is 42.5 Å². The molecule has 1 fully saturated rings. The van der Waals surface area contributed by atoms with E-state index >= 15 is 0 Å². The molecule has 1 heterocycles. The van der Waals surface area contributed by atoms with Crippen LogP contribution in [0.1, 0.15) is 11.1 Å². The Labute approximate surface area is 179 Å². The SMILES string of the molecule is O=C(NCc1cccc(Cl)c1)NCC1CN(Cc2ccc(Cl)c(Cl)c2)CCO1. The van der Waals surface area contributed by atoms with Crippen molar-refractivity contribution in [1.82, 2.24) is 15.5 Å². The average molecular weight is 443 g/mol. The molecule has 5 nitrogen and oxygen atoms in total. The van der Waals surface area contributed by atoms with E-state index in [9.17, 15) is 4.79 Å². The van der Waals surface area contributed by atoms with Gasteiger partial charge in [-0.05, 0) is 35.4 Å². The molecule has 150 valence electrons. The molecule has 0 bridgehead atoms. The first-order valence-electron chi connectivity index (χ1n) is 9.03. The Morgan fingerprint density at radius 1 is 1.07 bits per heavy atom. The molecule has 1 saturated heterocycles. The van der Waals surface area contributed by atoms with Crippen LogP contribution in [0.4, 0.5) is 4.79 Å². The van der Waals surface area contributed by atoms with Gasteiger partial charge in [-0.3, -0.25) is 4.90 Å². The van der Waals surface area contributed by atoms with Crippen molar-refractivity contribution in [3.8, 4) is 0 Å². The summed E-state index contributed by atoms with van der Waals surface area (Å²) in [5, 5.41) is 7.45. The van der Waals surface area contributed by atoms with Crippen LogP contribution in [0.3, 0.4) is 0 Å². The van der Waals surface area contributed by atoms with Crippen molar-refractivity contribution >= 4 is 40.8 Å². The Morgan fingerprint density at radius 2 is 1.93 bits per heavy atom. The van der Waals surface area contributed by atoms with Crippen LogP contribution in [0.25, 0.3) is 0 Å². The smallest absolute Gasteiger partial charge is 0.315 e. The number of urea groups is 1. The molecule has 1 aliphatic heterocycles. The highest BCUT2D eigenvalue weighted by molar-refractivity contribution is 6.42. The van der Waals surface area contributed by atoms with Crippen molar-refractivity contribution in [1.29, 1.82) is 0 Å². The Kier molecular flexibility index (Phi) is 7.82. The number of nitrogens with zero attached hydrogens (tertiary/aromatic N) is 1. The third-order valence-electron chi connectivity index (χ3n) is 4.45. The first-order chi connectivity index (χ1) is 13.5. The molecule has 8 heteroatoms. The summed E-state index contributed by atoms with van der Waals surface area (Å²) in [6, 6.07) is 12.8. The highest BCUT2D eigenvalue weighted by atomic mass is 35.5. The predicted molar refractivity (Wildman–Crippen MR) is 113 cm³/mol. The third-order valence-corrected chi connectivity index (χ3v) is 5.42. The maximum Gasteiger partial charge on any atom is 0.315 e. The molecule has 2 amide bonds. The van der Waals surface area contributed by atoms with Gasteiger partial charge in [0.25, 0.3) is 0 Å². The van der Waals surface area contributed by atoms with Crippen LogP contribution < -0.4 is 10.6 Å². The fraction of sp³-hybridized carbons (Fsp3) is 0.350. The summed E-state index contributed by atoms with van der Waals surface area (Å²) in [5.41, 5.74) is 2.05. The van der Waals surface area contributed by atoms with Crippen LogP contribution in [0.2, 0.25) is 15.1 Å². The molecule has 0 saturated carbocycles. The van der Waals surface area contributed by atoms with E-state index in [2.05, 4.69) is 15.5 Å². The van der Waals surface area contributed by atoms with Crippen LogP contribution in [-0.4, -0.2) is 43.3 Å². The number of hydrogen-bond acceptors (Lipinski definition) is 3. The van der Waals surface area contributed by atoms with Gasteiger partial charge in [-0.15, -0.1) is 0 Å². The Morgan fingerprint density at radius 3 is 2.71 bits per heavy atom. The lowest BCUT2D eigenvalue weighted by atomic mass is 10.2. The molecule has 0 spiro atoms. The summed E-state index contributed by atoms with van der Waals surface area (Å²) in [5.74, 6) is 0. The maximum atomic E-state index is 12.0. The van der Waals surface area contributed by atoms with Gasteiger partial charge in [0.15, 0.2) is 0 Å². The number of nitrogens with one attached hydrogen (secondary N) is 2. The lowest BCUT2D eigenvalue weighted by Crippen LogP contribution is -2.48. The van der Waals surface area contributed by atoms with E-state index in [-0.39, 0.29) is 12.1 Å². The van der Waals surface area contributed by atoms with Gasteiger partial charge in [0.2, 0.25) is 0 Å². The molecule has 28 heavy (non-hydrogen) atoms. The molecule has 2 N–H and O–H groups in total. The van der Waals surface area contributed by atoms with E-state index in [0.717, 1.165) is 30.8 Å². The lowest BCUT2D eigenvalue weighted by Gasteiger charge is -2.33. The normalized spacial score (nSPS) is 17.3. The van der Waals surface area contributed by atoms with Crippen LogP contribution >= 0.6 is 34.8 Å². The Hall–Kier alpha value is -1.50. The van der Waals surface area contributed by atoms with Crippen molar-refractivity contribution in [3.05, 3.63) is 68.7 Å². The van der Waals surface area contributed by atoms with Gasteiger partial charge in [0, 0.05) is 37.7 Å². The molecule has 3 rings (SSSR count).